The van der Waals surface area contributed by atoms with Crippen molar-refractivity contribution in [1.82, 2.24) is 20.1 Å². The van der Waals surface area contributed by atoms with Gasteiger partial charge in [0.25, 0.3) is 0 Å². The highest BCUT2D eigenvalue weighted by molar-refractivity contribution is 8.00. The number of rotatable bonds is 8. The molecule has 1 fully saturated rings. The first-order valence-electron chi connectivity index (χ1n) is 9.66. The number of urea groups is 1. The normalized spacial score (nSPS) is 14.1. The summed E-state index contributed by atoms with van der Waals surface area (Å²) in [4.78, 5) is 23.9. The van der Waals surface area contributed by atoms with Crippen LogP contribution < -0.4 is 15.8 Å². The molecule has 0 spiro atoms. The number of aromatic nitrogens is 3. The van der Waals surface area contributed by atoms with E-state index < -0.39 is 17.2 Å². The fraction of sp³-hybridized carbons (Fsp3) is 0.238. The molecule has 160 valence electrons. The molecule has 1 aromatic heterocycles. The number of nitrogens with zero attached hydrogens (tertiary/aromatic N) is 3. The van der Waals surface area contributed by atoms with Crippen LogP contribution in [0.4, 0.5) is 4.79 Å². The molecule has 0 bridgehead atoms. The molecule has 3 aromatic rings. The zero-order valence-corrected chi connectivity index (χ0v) is 18.0. The molecule has 1 unspecified atom stereocenters. The number of carbonyl (C=O) groups excluding carboxylic acids is 2. The van der Waals surface area contributed by atoms with E-state index in [9.17, 15) is 9.59 Å². The lowest BCUT2D eigenvalue weighted by Gasteiger charge is -2.16. The zero-order valence-electron chi connectivity index (χ0n) is 16.4. The summed E-state index contributed by atoms with van der Waals surface area (Å²) >= 11 is 7.39. The number of imide groups is 1. The molecule has 1 aliphatic carbocycles. The molecule has 2 aromatic carbocycles. The van der Waals surface area contributed by atoms with Crippen molar-refractivity contribution in [1.29, 1.82) is 0 Å². The molecular formula is C21H20ClN5O3S. The minimum absolute atomic E-state index is 0.192. The van der Waals surface area contributed by atoms with Crippen LogP contribution in [0.15, 0.2) is 59.8 Å². The van der Waals surface area contributed by atoms with Gasteiger partial charge in [-0.2, -0.15) is 0 Å². The van der Waals surface area contributed by atoms with Crippen LogP contribution in [0, 0.1) is 0 Å². The number of carbonyl (C=O) groups is 2. The maximum atomic E-state index is 12.7. The van der Waals surface area contributed by atoms with Crippen molar-refractivity contribution in [3.05, 3.63) is 71.0 Å². The fourth-order valence-electron chi connectivity index (χ4n) is 3.08. The smallest absolute Gasteiger partial charge is 0.318 e. The Kier molecular flexibility index (Phi) is 6.43. The van der Waals surface area contributed by atoms with Crippen molar-refractivity contribution < 1.29 is 14.3 Å². The van der Waals surface area contributed by atoms with Gasteiger partial charge in [0.1, 0.15) is 17.6 Å². The van der Waals surface area contributed by atoms with Crippen molar-refractivity contribution in [3.63, 3.8) is 0 Å². The number of para-hydroxylation sites is 1. The highest BCUT2D eigenvalue weighted by Crippen LogP contribution is 2.42. The first kappa shape index (κ1) is 21.2. The van der Waals surface area contributed by atoms with E-state index in [0.29, 0.717) is 21.8 Å². The van der Waals surface area contributed by atoms with Crippen LogP contribution in [0.5, 0.6) is 5.75 Å². The molecule has 0 aliphatic heterocycles. The average Bonchev–Trinajstić information content (AvgIpc) is 3.52. The van der Waals surface area contributed by atoms with E-state index in [2.05, 4.69) is 15.5 Å². The van der Waals surface area contributed by atoms with Crippen molar-refractivity contribution in [3.8, 4) is 5.75 Å². The fourth-order valence-corrected chi connectivity index (χ4v) is 4.40. The van der Waals surface area contributed by atoms with Gasteiger partial charge in [0.2, 0.25) is 5.91 Å². The second-order valence-corrected chi connectivity index (χ2v) is 8.46. The second-order valence-electron chi connectivity index (χ2n) is 6.98. The van der Waals surface area contributed by atoms with Gasteiger partial charge in [-0.25, -0.2) is 4.79 Å². The Morgan fingerprint density at radius 1 is 1.16 bits per heavy atom. The van der Waals surface area contributed by atoms with Crippen LogP contribution in [-0.2, 0) is 11.4 Å². The lowest BCUT2D eigenvalue weighted by molar-refractivity contribution is -0.119. The Bertz CT molecular complexity index is 1090. The molecule has 1 atom stereocenters. The maximum Gasteiger partial charge on any atom is 0.318 e. The Balaban J connectivity index is 1.58. The molecule has 3 amide bonds. The summed E-state index contributed by atoms with van der Waals surface area (Å²) in [5.74, 6) is 0.696. The Hall–Kier alpha value is -3.04. The number of hydrogen-bond donors (Lipinski definition) is 2. The molecule has 8 nitrogen and oxygen atoms in total. The van der Waals surface area contributed by atoms with Gasteiger partial charge in [-0.15, -0.1) is 10.2 Å². The second kappa shape index (κ2) is 9.40. The van der Waals surface area contributed by atoms with Crippen molar-refractivity contribution in [2.75, 3.05) is 0 Å². The van der Waals surface area contributed by atoms with E-state index in [0.717, 1.165) is 18.4 Å². The van der Waals surface area contributed by atoms with Crippen LogP contribution in [-0.4, -0.2) is 26.7 Å². The lowest BCUT2D eigenvalue weighted by atomic mass is 10.1. The van der Waals surface area contributed by atoms with Crippen molar-refractivity contribution >= 4 is 35.3 Å². The lowest BCUT2D eigenvalue weighted by Crippen LogP contribution is -2.37. The molecule has 0 radical (unpaired) electrons. The third-order valence-electron chi connectivity index (χ3n) is 4.65. The number of ether oxygens (including phenoxy) is 1. The summed E-state index contributed by atoms with van der Waals surface area (Å²) in [6.07, 6.45) is 1.99. The maximum absolute atomic E-state index is 12.7. The van der Waals surface area contributed by atoms with Gasteiger partial charge in [0, 0.05) is 6.04 Å². The van der Waals surface area contributed by atoms with Gasteiger partial charge in [-0.1, -0.05) is 65.8 Å². The molecule has 10 heteroatoms. The molecule has 0 saturated heterocycles. The monoisotopic (exact) mass is 457 g/mol. The molecule has 31 heavy (non-hydrogen) atoms. The molecule has 1 aliphatic rings. The molecular weight excluding hydrogens is 438 g/mol. The topological polar surface area (TPSA) is 112 Å². The predicted molar refractivity (Wildman–Crippen MR) is 117 cm³/mol. The highest BCUT2D eigenvalue weighted by atomic mass is 35.5. The summed E-state index contributed by atoms with van der Waals surface area (Å²) in [5.41, 5.74) is 5.89. The largest absolute Gasteiger partial charge is 0.484 e. The quantitative estimate of drug-likeness (QED) is 0.496. The van der Waals surface area contributed by atoms with Gasteiger partial charge in [0.15, 0.2) is 11.0 Å². The minimum atomic E-state index is -0.899. The predicted octanol–water partition coefficient (Wildman–Crippen LogP) is 3.87. The Morgan fingerprint density at radius 3 is 2.55 bits per heavy atom. The average molecular weight is 458 g/mol. The zero-order chi connectivity index (χ0) is 21.8. The van der Waals surface area contributed by atoms with Crippen LogP contribution in [0.3, 0.4) is 0 Å². The standard InChI is InChI=1S/C21H20ClN5O3S/c22-15-8-4-5-9-16(15)30-12-17-25-26-21(27(17)14-10-11-14)31-18(19(28)24-20(23)29)13-6-2-1-3-7-13/h1-9,14,18H,10-12H2,(H3,23,24,28,29). The van der Waals surface area contributed by atoms with Gasteiger partial charge in [-0.3, -0.25) is 14.7 Å². The summed E-state index contributed by atoms with van der Waals surface area (Å²) < 4.78 is 7.83. The molecule has 1 saturated carbocycles. The number of benzene rings is 2. The van der Waals surface area contributed by atoms with Gasteiger partial charge in [0.05, 0.1) is 5.02 Å². The first-order chi connectivity index (χ1) is 15.0. The third kappa shape index (κ3) is 5.18. The van der Waals surface area contributed by atoms with Crippen LogP contribution >= 0.6 is 23.4 Å². The number of primary amides is 1. The number of halogens is 1. The first-order valence-corrected chi connectivity index (χ1v) is 10.9. The SMILES string of the molecule is NC(=O)NC(=O)C(Sc1nnc(COc2ccccc2Cl)n1C1CC1)c1ccccc1. The summed E-state index contributed by atoms with van der Waals surface area (Å²) in [6.45, 7) is 0.192. The van der Waals surface area contributed by atoms with E-state index in [1.165, 1.54) is 11.8 Å². The number of hydrogen-bond acceptors (Lipinski definition) is 6. The number of thioether (sulfide) groups is 1. The summed E-state index contributed by atoms with van der Waals surface area (Å²) in [6, 6.07) is 15.7. The van der Waals surface area contributed by atoms with Gasteiger partial charge >= 0.3 is 6.03 Å². The molecule has 1 heterocycles. The molecule has 4 rings (SSSR count). The van der Waals surface area contributed by atoms with Crippen LogP contribution in [0.1, 0.15) is 35.5 Å². The van der Waals surface area contributed by atoms with Crippen LogP contribution in [0.2, 0.25) is 5.02 Å². The third-order valence-corrected chi connectivity index (χ3v) is 6.17. The number of amides is 3. The Labute approximate surface area is 188 Å². The van der Waals surface area contributed by atoms with E-state index >= 15 is 0 Å². The van der Waals surface area contributed by atoms with Gasteiger partial charge < -0.3 is 10.5 Å². The summed E-state index contributed by atoms with van der Waals surface area (Å²) in [5, 5.41) is 11.1. The van der Waals surface area contributed by atoms with Gasteiger partial charge in [-0.05, 0) is 30.5 Å². The minimum Gasteiger partial charge on any atom is -0.484 e. The van der Waals surface area contributed by atoms with Crippen LogP contribution in [0.25, 0.3) is 0 Å². The molecule has 3 N–H and O–H groups in total. The van der Waals surface area contributed by atoms with E-state index in [4.69, 9.17) is 22.1 Å². The van der Waals surface area contributed by atoms with E-state index in [1.54, 1.807) is 12.1 Å². The van der Waals surface area contributed by atoms with E-state index in [1.807, 2.05) is 47.0 Å². The highest BCUT2D eigenvalue weighted by Gasteiger charge is 2.33. The van der Waals surface area contributed by atoms with E-state index in [-0.39, 0.29) is 12.6 Å². The van der Waals surface area contributed by atoms with Crippen molar-refractivity contribution in [2.24, 2.45) is 5.73 Å². The Morgan fingerprint density at radius 2 is 1.87 bits per heavy atom. The summed E-state index contributed by atoms with van der Waals surface area (Å²) in [7, 11) is 0. The number of nitrogens with two attached hydrogens (primary N) is 1. The van der Waals surface area contributed by atoms with Crippen molar-refractivity contribution in [2.45, 2.75) is 35.9 Å². The number of nitrogens with one attached hydrogen (secondary N) is 1.